The van der Waals surface area contributed by atoms with Crippen molar-refractivity contribution in [3.05, 3.63) is 65.6 Å². The summed E-state index contributed by atoms with van der Waals surface area (Å²) in [6, 6.07) is 9.84. The highest BCUT2D eigenvalue weighted by atomic mass is 19.3. The summed E-state index contributed by atoms with van der Waals surface area (Å²) in [5, 5.41) is 48.6. The van der Waals surface area contributed by atoms with Gasteiger partial charge in [0.25, 0.3) is 6.43 Å². The number of anilines is 2. The normalized spacial score (nSPS) is 34.6. The summed E-state index contributed by atoms with van der Waals surface area (Å²) < 4.78 is 37.3. The van der Waals surface area contributed by atoms with E-state index in [0.717, 1.165) is 37.7 Å². The van der Waals surface area contributed by atoms with Crippen LogP contribution in [0.5, 0.6) is 0 Å². The number of rotatable bonds is 13. The highest BCUT2D eigenvalue weighted by molar-refractivity contribution is 5.73. The summed E-state index contributed by atoms with van der Waals surface area (Å²) in [6.45, 7) is 9.90. The third-order valence-corrected chi connectivity index (χ3v) is 17.4. The van der Waals surface area contributed by atoms with Crippen LogP contribution in [0, 0.1) is 65.1 Å². The van der Waals surface area contributed by atoms with E-state index in [1.54, 1.807) is 25.3 Å². The number of hydrogen-bond donors (Lipinski definition) is 5. The van der Waals surface area contributed by atoms with E-state index in [-0.39, 0.29) is 82.1 Å². The maximum atomic E-state index is 13.2. The van der Waals surface area contributed by atoms with Crippen LogP contribution >= 0.6 is 0 Å². The van der Waals surface area contributed by atoms with Gasteiger partial charge in [-0.05, 0) is 185 Å². The Kier molecular flexibility index (Phi) is 13.8. The summed E-state index contributed by atoms with van der Waals surface area (Å²) in [7, 11) is 0. The zero-order valence-electron chi connectivity index (χ0n) is 38.5. The SMILES string of the molecule is Cc1cc(Nc2cc(C(F)F)ccn2)nc(-c2ccc([C@](C)(O)C3CCC(C(=O)OCOC(=O)CC[C@@H](C)[C@H]4CC[C@H]5[C@@H]6[C@H](O)C[C@@H]7C[C@H](O)CC[C@]7(C)[C@H]6C[C@H](O)[C@]45C)CC3)nc2)c1. The van der Waals surface area contributed by atoms with Crippen molar-refractivity contribution in [2.45, 2.75) is 148 Å². The topological polar surface area (TPSA) is 184 Å². The van der Waals surface area contributed by atoms with Crippen LogP contribution < -0.4 is 5.32 Å². The van der Waals surface area contributed by atoms with Crippen molar-refractivity contribution in [1.82, 2.24) is 15.0 Å². The second-order valence-corrected chi connectivity index (χ2v) is 21.1. The number of nitrogens with zero attached hydrogens (tertiary/aromatic N) is 3. The molecular formula is C51H68F2N4O8. The molecule has 0 aliphatic heterocycles. The number of carbonyl (C=O) groups is 2. The van der Waals surface area contributed by atoms with Crippen LogP contribution in [-0.2, 0) is 24.7 Å². The molecule has 12 atom stereocenters. The Morgan fingerprint density at radius 2 is 1.69 bits per heavy atom. The van der Waals surface area contributed by atoms with Gasteiger partial charge < -0.3 is 35.2 Å². The molecule has 65 heavy (non-hydrogen) atoms. The van der Waals surface area contributed by atoms with Crippen molar-refractivity contribution in [3.8, 4) is 11.3 Å². The van der Waals surface area contributed by atoms with Crippen molar-refractivity contribution in [3.63, 3.8) is 0 Å². The minimum atomic E-state index is -2.62. The number of alkyl halides is 2. The number of esters is 2. The van der Waals surface area contributed by atoms with E-state index in [4.69, 9.17) is 9.47 Å². The third kappa shape index (κ3) is 9.43. The predicted molar refractivity (Wildman–Crippen MR) is 239 cm³/mol. The monoisotopic (exact) mass is 903 g/mol. The molecule has 12 nitrogen and oxygen atoms in total. The molecule has 5 saturated carbocycles. The number of carbonyl (C=O) groups excluding carboxylic acids is 2. The highest BCUT2D eigenvalue weighted by Gasteiger charge is 2.65. The summed E-state index contributed by atoms with van der Waals surface area (Å²) >= 11 is 0. The maximum Gasteiger partial charge on any atom is 0.311 e. The minimum absolute atomic E-state index is 0.0164. The van der Waals surface area contributed by atoms with Gasteiger partial charge in [-0.1, -0.05) is 20.8 Å². The molecule has 5 aliphatic carbocycles. The molecule has 5 N–H and O–H groups in total. The third-order valence-electron chi connectivity index (χ3n) is 17.4. The van der Waals surface area contributed by atoms with Gasteiger partial charge in [-0.15, -0.1) is 0 Å². The van der Waals surface area contributed by atoms with Crippen LogP contribution in [0.4, 0.5) is 20.4 Å². The fourth-order valence-electron chi connectivity index (χ4n) is 13.6. The summed E-state index contributed by atoms with van der Waals surface area (Å²) in [6.07, 6.45) is 7.78. The van der Waals surface area contributed by atoms with Gasteiger partial charge in [0.15, 0.2) is 0 Å². The number of ether oxygens (including phenoxy) is 2. The number of halogens is 2. The standard InChI is InChI=1S/C51H68F2N4O8/c1-28-20-39(56-44(21-28)57-43-22-31(47(52)53)17-19-54-43)32-9-14-41(55-26-32)51(5,63)33-10-7-30(8-11-33)48(62)65-27-64-45(61)15-6-29(2)36-12-13-37-46-38(25-42(60)50(36,37)4)49(3)18-16-35(58)23-34(49)24-40(46)59/h9,14,17,19-22,26,29-30,33-38,40,42,46-47,58-60,63H,6-8,10-13,15-16,18,23-25,27H2,1-5H3,(H,54,56,57)/t29-,30?,33?,34+,35-,36-,37+,38+,40-,42+,46+,49+,50-,51-/m1/s1. The Morgan fingerprint density at radius 3 is 2.42 bits per heavy atom. The van der Waals surface area contributed by atoms with E-state index in [1.165, 1.54) is 18.3 Å². The lowest BCUT2D eigenvalue weighted by atomic mass is 9.43. The minimum Gasteiger partial charge on any atom is -0.428 e. The molecular weight excluding hydrogens is 835 g/mol. The molecule has 3 aromatic heterocycles. The van der Waals surface area contributed by atoms with Gasteiger partial charge in [-0.2, -0.15) is 0 Å². The average Bonchev–Trinajstić information content (AvgIpc) is 3.64. The van der Waals surface area contributed by atoms with Crippen molar-refractivity contribution in [2.24, 2.45) is 58.2 Å². The number of aryl methyl sites for hydroxylation is 1. The van der Waals surface area contributed by atoms with Crippen molar-refractivity contribution in [1.29, 1.82) is 0 Å². The zero-order chi connectivity index (χ0) is 46.4. The number of fused-ring (bicyclic) bond motifs is 5. The Balaban J connectivity index is 0.777. The van der Waals surface area contributed by atoms with Gasteiger partial charge >= 0.3 is 11.9 Å². The predicted octanol–water partition coefficient (Wildman–Crippen LogP) is 8.96. The number of pyridine rings is 3. The molecule has 5 fully saturated rings. The van der Waals surface area contributed by atoms with Gasteiger partial charge in [0, 0.05) is 29.9 Å². The summed E-state index contributed by atoms with van der Waals surface area (Å²) in [4.78, 5) is 39.4. The lowest BCUT2D eigenvalue weighted by molar-refractivity contribution is -0.207. The molecule has 5 aliphatic rings. The van der Waals surface area contributed by atoms with Crippen LogP contribution in [0.3, 0.4) is 0 Å². The fraction of sp³-hybridized carbons (Fsp3) is 0.667. The summed E-state index contributed by atoms with van der Waals surface area (Å²) in [5.74, 6) is 0.499. The number of aromatic nitrogens is 3. The first-order chi connectivity index (χ1) is 30.9. The fourth-order valence-corrected chi connectivity index (χ4v) is 13.6. The van der Waals surface area contributed by atoms with Crippen molar-refractivity contribution < 1.29 is 48.3 Å². The molecule has 3 aromatic rings. The first kappa shape index (κ1) is 47.4. The van der Waals surface area contributed by atoms with Crippen LogP contribution in [0.15, 0.2) is 48.8 Å². The van der Waals surface area contributed by atoms with E-state index >= 15 is 0 Å². The quantitative estimate of drug-likeness (QED) is 0.0812. The molecule has 14 heteroatoms. The highest BCUT2D eigenvalue weighted by Crippen LogP contribution is 2.68. The first-order valence-electron chi connectivity index (χ1n) is 23.9. The average molecular weight is 903 g/mol. The molecule has 0 unspecified atom stereocenters. The van der Waals surface area contributed by atoms with E-state index in [0.29, 0.717) is 67.7 Å². The molecule has 354 valence electrons. The molecule has 8 rings (SSSR count). The van der Waals surface area contributed by atoms with Gasteiger partial charge in [-0.25, -0.2) is 18.7 Å². The molecule has 0 spiro atoms. The number of nitrogens with one attached hydrogen (secondary N) is 1. The first-order valence-corrected chi connectivity index (χ1v) is 23.9. The van der Waals surface area contributed by atoms with Gasteiger partial charge in [0.1, 0.15) is 17.2 Å². The smallest absolute Gasteiger partial charge is 0.311 e. The van der Waals surface area contributed by atoms with Gasteiger partial charge in [0.2, 0.25) is 6.79 Å². The Labute approximate surface area is 381 Å². The van der Waals surface area contributed by atoms with E-state index < -0.39 is 43.0 Å². The number of hydrogen-bond acceptors (Lipinski definition) is 12. The van der Waals surface area contributed by atoms with Crippen LogP contribution in [-0.4, -0.2) is 72.4 Å². The summed E-state index contributed by atoms with van der Waals surface area (Å²) in [5.41, 5.74) is 0.966. The molecule has 0 amide bonds. The lowest BCUT2D eigenvalue weighted by Gasteiger charge is -2.63. The largest absolute Gasteiger partial charge is 0.428 e. The molecule has 3 heterocycles. The van der Waals surface area contributed by atoms with Gasteiger partial charge in [-0.3, -0.25) is 14.6 Å². The Hall–Kier alpha value is -4.11. The van der Waals surface area contributed by atoms with Crippen molar-refractivity contribution >= 4 is 23.6 Å². The number of aliphatic hydroxyl groups is 4. The molecule has 0 bridgehead atoms. The van der Waals surface area contributed by atoms with Crippen LogP contribution in [0.25, 0.3) is 11.3 Å². The molecule has 0 saturated heterocycles. The lowest BCUT2D eigenvalue weighted by Crippen LogP contribution is -2.62. The maximum absolute atomic E-state index is 13.2. The van der Waals surface area contributed by atoms with E-state index in [2.05, 4.69) is 41.0 Å². The Morgan fingerprint density at radius 1 is 0.923 bits per heavy atom. The zero-order valence-corrected chi connectivity index (χ0v) is 38.5. The van der Waals surface area contributed by atoms with Crippen LogP contribution in [0.1, 0.15) is 134 Å². The second kappa shape index (κ2) is 18.9. The number of aliphatic hydroxyl groups excluding tert-OH is 3. The van der Waals surface area contributed by atoms with E-state index in [1.807, 2.05) is 19.1 Å². The molecule has 0 aromatic carbocycles. The van der Waals surface area contributed by atoms with Gasteiger partial charge in [0.05, 0.1) is 35.6 Å². The van der Waals surface area contributed by atoms with Crippen LogP contribution in [0.2, 0.25) is 0 Å². The van der Waals surface area contributed by atoms with Crippen molar-refractivity contribution in [2.75, 3.05) is 12.1 Å². The molecule has 0 radical (unpaired) electrons. The van der Waals surface area contributed by atoms with E-state index in [9.17, 15) is 38.8 Å². The second-order valence-electron chi connectivity index (χ2n) is 21.1. The Bertz CT molecular complexity index is 2170.